The third-order valence-electron chi connectivity index (χ3n) is 1.46. The Bertz CT molecular complexity index is 436. The van der Waals surface area contributed by atoms with Crippen LogP contribution in [0.2, 0.25) is 0 Å². The second kappa shape index (κ2) is 4.04. The van der Waals surface area contributed by atoms with Gasteiger partial charge in [0, 0.05) is 17.5 Å². The smallest absolute Gasteiger partial charge is 0.221 e. The minimum absolute atomic E-state index is 0.0570. The van der Waals surface area contributed by atoms with Gasteiger partial charge in [-0.15, -0.1) is 0 Å². The van der Waals surface area contributed by atoms with Crippen LogP contribution in [-0.2, 0) is 24.8 Å². The van der Waals surface area contributed by atoms with Crippen molar-refractivity contribution in [3.05, 3.63) is 24.3 Å². The molecule has 0 aromatic heterocycles. The van der Waals surface area contributed by atoms with E-state index in [0.717, 1.165) is 0 Å². The lowest BCUT2D eigenvalue weighted by Crippen LogP contribution is -2.05. The first-order valence-electron chi connectivity index (χ1n) is 3.73. The highest BCUT2D eigenvalue weighted by molar-refractivity contribution is 8.29. The second-order valence-electron chi connectivity index (χ2n) is 2.66. The van der Waals surface area contributed by atoms with E-state index in [0.29, 0.717) is 5.69 Å². The molecular formula is C8H8NO3S2-. The molecule has 0 fully saturated rings. The molecule has 14 heavy (non-hydrogen) atoms. The molecule has 1 N–H and O–H groups in total. The van der Waals surface area contributed by atoms with Crippen molar-refractivity contribution in [2.75, 3.05) is 5.32 Å². The lowest BCUT2D eigenvalue weighted by Gasteiger charge is -2.10. The van der Waals surface area contributed by atoms with E-state index in [2.05, 4.69) is 16.5 Å². The fourth-order valence-electron chi connectivity index (χ4n) is 0.908. The number of nitrogens with one attached hydrogen (secondary N) is 1. The standard InChI is InChI=1S/C8H9NO3S2/c1-6(10)9-7-2-4-8(5-3-7)14(11,12)13/h2-5H,1H3,(H,9,10)(H,11,12,13)/p-1. The number of rotatable bonds is 2. The van der Waals surface area contributed by atoms with Crippen molar-refractivity contribution < 1.29 is 13.6 Å². The van der Waals surface area contributed by atoms with Crippen LogP contribution >= 0.6 is 0 Å². The molecule has 4 nitrogen and oxygen atoms in total. The van der Waals surface area contributed by atoms with Crippen molar-refractivity contribution in [1.29, 1.82) is 0 Å². The molecule has 0 saturated carbocycles. The Balaban J connectivity index is 2.95. The van der Waals surface area contributed by atoms with Crippen LogP contribution in [0.1, 0.15) is 6.92 Å². The number of anilines is 1. The summed E-state index contributed by atoms with van der Waals surface area (Å²) >= 11 is 4.27. The van der Waals surface area contributed by atoms with Gasteiger partial charge in [0.2, 0.25) is 5.91 Å². The summed E-state index contributed by atoms with van der Waals surface area (Å²) in [6.45, 7) is 1.37. The van der Waals surface area contributed by atoms with Gasteiger partial charge in [0.25, 0.3) is 0 Å². The maximum absolute atomic E-state index is 10.9. The molecule has 0 bridgehead atoms. The van der Waals surface area contributed by atoms with Gasteiger partial charge in [0.15, 0.2) is 0 Å². The highest BCUT2D eigenvalue weighted by Gasteiger charge is 1.98. The third kappa shape index (κ3) is 3.06. The molecule has 0 radical (unpaired) electrons. The van der Waals surface area contributed by atoms with Crippen LogP contribution < -0.4 is 5.32 Å². The molecule has 1 amide bonds. The van der Waals surface area contributed by atoms with Crippen molar-refractivity contribution in [2.45, 2.75) is 11.8 Å². The summed E-state index contributed by atoms with van der Waals surface area (Å²) in [4.78, 5) is 10.7. The molecule has 0 saturated heterocycles. The normalized spacial score (nSPS) is 14.4. The van der Waals surface area contributed by atoms with E-state index >= 15 is 0 Å². The van der Waals surface area contributed by atoms with E-state index in [-0.39, 0.29) is 10.8 Å². The Hall–Kier alpha value is -0.980. The predicted molar refractivity (Wildman–Crippen MR) is 55.3 cm³/mol. The fourth-order valence-corrected chi connectivity index (χ4v) is 1.71. The van der Waals surface area contributed by atoms with Gasteiger partial charge in [-0.05, 0) is 44.2 Å². The molecular weight excluding hydrogens is 222 g/mol. The molecule has 1 atom stereocenters. The summed E-state index contributed by atoms with van der Waals surface area (Å²) in [6.07, 6.45) is 0. The number of amides is 1. The van der Waals surface area contributed by atoms with Gasteiger partial charge in [-0.1, -0.05) is 0 Å². The van der Waals surface area contributed by atoms with Crippen molar-refractivity contribution in [3.63, 3.8) is 0 Å². The minimum Gasteiger partial charge on any atom is -0.766 e. The Morgan fingerprint density at radius 3 is 2.29 bits per heavy atom. The molecule has 1 aromatic carbocycles. The molecule has 1 rings (SSSR count). The molecule has 0 aliphatic carbocycles. The topological polar surface area (TPSA) is 69.2 Å². The first kappa shape index (κ1) is 11.1. The Morgan fingerprint density at radius 1 is 1.43 bits per heavy atom. The van der Waals surface area contributed by atoms with Gasteiger partial charge in [-0.2, -0.15) is 0 Å². The average molecular weight is 230 g/mol. The van der Waals surface area contributed by atoms with Gasteiger partial charge in [-0.25, -0.2) is 0 Å². The Labute approximate surface area is 86.8 Å². The second-order valence-corrected chi connectivity index (χ2v) is 5.36. The maximum Gasteiger partial charge on any atom is 0.221 e. The third-order valence-corrected chi connectivity index (χ3v) is 2.89. The summed E-state index contributed by atoms with van der Waals surface area (Å²) in [6, 6.07) is 5.68. The van der Waals surface area contributed by atoms with E-state index < -0.39 is 8.77 Å². The van der Waals surface area contributed by atoms with Crippen molar-refractivity contribution in [3.8, 4) is 0 Å². The van der Waals surface area contributed by atoms with E-state index in [1.807, 2.05) is 0 Å². The van der Waals surface area contributed by atoms with E-state index in [9.17, 15) is 13.6 Å². The van der Waals surface area contributed by atoms with Crippen LogP contribution in [0.5, 0.6) is 0 Å². The number of benzene rings is 1. The van der Waals surface area contributed by atoms with Crippen LogP contribution in [0, 0.1) is 0 Å². The predicted octanol–water partition coefficient (Wildman–Crippen LogP) is 0.881. The molecule has 1 unspecified atom stereocenters. The zero-order valence-corrected chi connectivity index (χ0v) is 8.98. The SMILES string of the molecule is CC(=O)Nc1ccc(S(=O)([O-])=S)cc1. The highest BCUT2D eigenvalue weighted by Crippen LogP contribution is 2.13. The minimum atomic E-state index is -3.58. The number of carbonyl (C=O) groups excluding carboxylic acids is 1. The summed E-state index contributed by atoms with van der Waals surface area (Å²) < 4.78 is 21.8. The molecule has 76 valence electrons. The average Bonchev–Trinajstić information content (AvgIpc) is 2.02. The quantitative estimate of drug-likeness (QED) is 0.818. The summed E-state index contributed by atoms with van der Waals surface area (Å²) in [5.74, 6) is -0.209. The zero-order valence-electron chi connectivity index (χ0n) is 7.35. The lowest BCUT2D eigenvalue weighted by molar-refractivity contribution is -0.114. The van der Waals surface area contributed by atoms with Crippen LogP contribution in [0.15, 0.2) is 29.2 Å². The molecule has 0 aliphatic heterocycles. The van der Waals surface area contributed by atoms with Crippen LogP contribution in [0.4, 0.5) is 5.69 Å². The molecule has 0 aliphatic rings. The highest BCUT2D eigenvalue weighted by atomic mass is 32.8. The number of carbonyl (C=O) groups is 1. The summed E-state index contributed by atoms with van der Waals surface area (Å²) in [5.41, 5.74) is 0.542. The fraction of sp³-hybridized carbons (Fsp3) is 0.125. The van der Waals surface area contributed by atoms with Crippen molar-refractivity contribution in [1.82, 2.24) is 0 Å². The lowest BCUT2D eigenvalue weighted by atomic mass is 10.3. The molecule has 6 heteroatoms. The van der Waals surface area contributed by atoms with Gasteiger partial charge in [-0.3, -0.25) is 9.00 Å². The molecule has 0 spiro atoms. The van der Waals surface area contributed by atoms with Gasteiger partial charge in [0.05, 0.1) is 0 Å². The first-order chi connectivity index (χ1) is 6.39. The summed E-state index contributed by atoms with van der Waals surface area (Å²) in [5, 5.41) is 2.52. The first-order valence-corrected chi connectivity index (χ1v) is 6.14. The Kier molecular flexibility index (Phi) is 3.20. The summed E-state index contributed by atoms with van der Waals surface area (Å²) in [7, 11) is -3.58. The van der Waals surface area contributed by atoms with Gasteiger partial charge < -0.3 is 9.87 Å². The van der Waals surface area contributed by atoms with Crippen LogP contribution in [-0.4, -0.2) is 14.7 Å². The Morgan fingerprint density at radius 2 is 1.93 bits per heavy atom. The maximum atomic E-state index is 10.9. The van der Waals surface area contributed by atoms with E-state index in [1.165, 1.54) is 31.2 Å². The van der Waals surface area contributed by atoms with Gasteiger partial charge >= 0.3 is 0 Å². The monoisotopic (exact) mass is 230 g/mol. The largest absolute Gasteiger partial charge is 0.766 e. The number of hydrogen-bond donors (Lipinski definition) is 1. The zero-order chi connectivity index (χ0) is 10.8. The van der Waals surface area contributed by atoms with E-state index in [4.69, 9.17) is 0 Å². The van der Waals surface area contributed by atoms with Crippen molar-refractivity contribution in [2.24, 2.45) is 0 Å². The van der Waals surface area contributed by atoms with Crippen LogP contribution in [0.25, 0.3) is 0 Å². The number of hydrogen-bond acceptors (Lipinski definition) is 4. The molecule has 1 aromatic rings. The van der Waals surface area contributed by atoms with Crippen LogP contribution in [0.3, 0.4) is 0 Å². The van der Waals surface area contributed by atoms with E-state index in [1.54, 1.807) is 0 Å². The van der Waals surface area contributed by atoms with Gasteiger partial charge in [0.1, 0.15) is 0 Å². The van der Waals surface area contributed by atoms with Crippen molar-refractivity contribution >= 4 is 31.6 Å². The molecule has 0 heterocycles.